The Morgan fingerprint density at radius 2 is 2.05 bits per heavy atom. The molecule has 2 rings (SSSR count). The maximum atomic E-state index is 12.5. The van der Waals surface area contributed by atoms with E-state index in [9.17, 15) is 9.59 Å². The molecule has 6 heteroatoms. The SMILES string of the molecule is CCNC(=O)C1CCN(C(=O)c2cccc(Br)c2Cl)CC1. The van der Waals surface area contributed by atoms with Gasteiger partial charge in [-0.3, -0.25) is 9.59 Å². The molecule has 1 heterocycles. The second kappa shape index (κ2) is 7.27. The van der Waals surface area contributed by atoms with Crippen LogP contribution in [0.3, 0.4) is 0 Å². The van der Waals surface area contributed by atoms with E-state index in [1.807, 2.05) is 6.92 Å². The van der Waals surface area contributed by atoms with Gasteiger partial charge in [-0.25, -0.2) is 0 Å². The van der Waals surface area contributed by atoms with Gasteiger partial charge in [-0.15, -0.1) is 0 Å². The number of likely N-dealkylation sites (tertiary alicyclic amines) is 1. The minimum absolute atomic E-state index is 0.00646. The fraction of sp³-hybridized carbons (Fsp3) is 0.467. The first-order valence-electron chi connectivity index (χ1n) is 7.05. The van der Waals surface area contributed by atoms with Crippen molar-refractivity contribution in [1.82, 2.24) is 10.2 Å². The normalized spacial score (nSPS) is 15.9. The van der Waals surface area contributed by atoms with Crippen LogP contribution >= 0.6 is 27.5 Å². The van der Waals surface area contributed by atoms with Crippen molar-refractivity contribution in [1.29, 1.82) is 0 Å². The zero-order valence-electron chi connectivity index (χ0n) is 11.9. The second-order valence-electron chi connectivity index (χ2n) is 5.06. The monoisotopic (exact) mass is 372 g/mol. The number of carbonyl (C=O) groups excluding carboxylic acids is 2. The lowest BCUT2D eigenvalue weighted by Gasteiger charge is -2.31. The molecule has 1 aliphatic rings. The molecule has 114 valence electrons. The number of hydrogen-bond donors (Lipinski definition) is 1. The summed E-state index contributed by atoms with van der Waals surface area (Å²) in [6, 6.07) is 5.33. The first-order chi connectivity index (χ1) is 10.0. The highest BCUT2D eigenvalue weighted by Crippen LogP contribution is 2.28. The summed E-state index contributed by atoms with van der Waals surface area (Å²) >= 11 is 9.50. The smallest absolute Gasteiger partial charge is 0.255 e. The zero-order valence-corrected chi connectivity index (χ0v) is 14.2. The number of rotatable bonds is 3. The predicted octanol–water partition coefficient (Wildman–Crippen LogP) is 3.09. The van der Waals surface area contributed by atoms with Gasteiger partial charge in [0.1, 0.15) is 0 Å². The van der Waals surface area contributed by atoms with Crippen molar-refractivity contribution in [2.45, 2.75) is 19.8 Å². The van der Waals surface area contributed by atoms with Crippen molar-refractivity contribution in [2.75, 3.05) is 19.6 Å². The summed E-state index contributed by atoms with van der Waals surface area (Å²) in [6.45, 7) is 3.73. The van der Waals surface area contributed by atoms with Crippen LogP contribution in [0, 0.1) is 5.92 Å². The Kier molecular flexibility index (Phi) is 5.65. The number of halogens is 2. The minimum Gasteiger partial charge on any atom is -0.356 e. The number of piperidine rings is 1. The Hall–Kier alpha value is -1.07. The second-order valence-corrected chi connectivity index (χ2v) is 6.29. The highest BCUT2D eigenvalue weighted by Gasteiger charge is 2.28. The lowest BCUT2D eigenvalue weighted by molar-refractivity contribution is -0.126. The maximum absolute atomic E-state index is 12.5. The number of benzene rings is 1. The van der Waals surface area contributed by atoms with Gasteiger partial charge >= 0.3 is 0 Å². The number of hydrogen-bond acceptors (Lipinski definition) is 2. The quantitative estimate of drug-likeness (QED) is 0.885. The fourth-order valence-electron chi connectivity index (χ4n) is 2.50. The molecule has 0 bridgehead atoms. The molecule has 1 aromatic rings. The highest BCUT2D eigenvalue weighted by atomic mass is 79.9. The molecule has 1 aromatic carbocycles. The third-order valence-electron chi connectivity index (χ3n) is 3.69. The van der Waals surface area contributed by atoms with E-state index in [-0.39, 0.29) is 17.7 Å². The lowest BCUT2D eigenvalue weighted by atomic mass is 9.95. The summed E-state index contributed by atoms with van der Waals surface area (Å²) in [7, 11) is 0. The molecule has 21 heavy (non-hydrogen) atoms. The maximum Gasteiger partial charge on any atom is 0.255 e. The van der Waals surface area contributed by atoms with Gasteiger partial charge in [0.05, 0.1) is 10.6 Å². The van der Waals surface area contributed by atoms with Gasteiger partial charge in [0.2, 0.25) is 5.91 Å². The van der Waals surface area contributed by atoms with Gasteiger partial charge in [-0.05, 0) is 47.8 Å². The summed E-state index contributed by atoms with van der Waals surface area (Å²) in [5, 5.41) is 3.28. The molecule has 1 N–H and O–H groups in total. The molecule has 2 amide bonds. The predicted molar refractivity (Wildman–Crippen MR) is 86.5 cm³/mol. The van der Waals surface area contributed by atoms with Gasteiger partial charge in [-0.1, -0.05) is 17.7 Å². The summed E-state index contributed by atoms with van der Waals surface area (Å²) in [6.07, 6.45) is 1.40. The molecule has 1 saturated heterocycles. The number of nitrogens with one attached hydrogen (secondary N) is 1. The molecular weight excluding hydrogens is 356 g/mol. The van der Waals surface area contributed by atoms with Crippen LogP contribution in [-0.4, -0.2) is 36.3 Å². The van der Waals surface area contributed by atoms with E-state index < -0.39 is 0 Å². The number of carbonyl (C=O) groups is 2. The zero-order chi connectivity index (χ0) is 15.4. The molecular formula is C15H18BrClN2O2. The molecule has 0 aliphatic carbocycles. The highest BCUT2D eigenvalue weighted by molar-refractivity contribution is 9.10. The molecule has 0 unspecified atom stereocenters. The van der Waals surface area contributed by atoms with Crippen molar-refractivity contribution in [2.24, 2.45) is 5.92 Å². The van der Waals surface area contributed by atoms with Crippen LogP contribution in [0.5, 0.6) is 0 Å². The summed E-state index contributed by atoms with van der Waals surface area (Å²) in [4.78, 5) is 26.1. The first kappa shape index (κ1) is 16.3. The first-order valence-corrected chi connectivity index (χ1v) is 8.22. The van der Waals surface area contributed by atoms with Crippen molar-refractivity contribution >= 4 is 39.3 Å². The van der Waals surface area contributed by atoms with E-state index in [2.05, 4.69) is 21.2 Å². The Balaban J connectivity index is 2.00. The van der Waals surface area contributed by atoms with Crippen LogP contribution in [0.15, 0.2) is 22.7 Å². The van der Waals surface area contributed by atoms with E-state index >= 15 is 0 Å². The van der Waals surface area contributed by atoms with Crippen LogP contribution in [0.1, 0.15) is 30.1 Å². The van der Waals surface area contributed by atoms with Crippen molar-refractivity contribution < 1.29 is 9.59 Å². The van der Waals surface area contributed by atoms with Crippen LogP contribution in [0.25, 0.3) is 0 Å². The van der Waals surface area contributed by atoms with Gasteiger partial charge < -0.3 is 10.2 Å². The molecule has 0 spiro atoms. The molecule has 0 saturated carbocycles. The van der Waals surface area contributed by atoms with Gasteiger partial charge in [0, 0.05) is 30.0 Å². The fourth-order valence-corrected chi connectivity index (χ4v) is 3.08. The largest absolute Gasteiger partial charge is 0.356 e. The average molecular weight is 374 g/mol. The van der Waals surface area contributed by atoms with Crippen LogP contribution in [0.2, 0.25) is 5.02 Å². The average Bonchev–Trinajstić information content (AvgIpc) is 2.50. The van der Waals surface area contributed by atoms with E-state index in [0.29, 0.717) is 47.5 Å². The molecule has 0 aromatic heterocycles. The number of amides is 2. The van der Waals surface area contributed by atoms with E-state index in [0.717, 1.165) is 0 Å². The van der Waals surface area contributed by atoms with Gasteiger partial charge in [0.15, 0.2) is 0 Å². The summed E-state index contributed by atoms with van der Waals surface area (Å²) in [5.74, 6) is 0.0210. The van der Waals surface area contributed by atoms with Crippen molar-refractivity contribution in [3.05, 3.63) is 33.3 Å². The molecule has 0 atom stereocenters. The molecule has 4 nitrogen and oxygen atoms in total. The van der Waals surface area contributed by atoms with Crippen molar-refractivity contribution in [3.8, 4) is 0 Å². The Morgan fingerprint density at radius 3 is 2.67 bits per heavy atom. The van der Waals surface area contributed by atoms with Crippen LogP contribution in [0.4, 0.5) is 0 Å². The molecule has 1 fully saturated rings. The summed E-state index contributed by atoms with van der Waals surface area (Å²) < 4.78 is 0.715. The van der Waals surface area contributed by atoms with Gasteiger partial charge in [0.25, 0.3) is 5.91 Å². The van der Waals surface area contributed by atoms with E-state index in [1.54, 1.807) is 23.1 Å². The lowest BCUT2D eigenvalue weighted by Crippen LogP contribution is -2.43. The topological polar surface area (TPSA) is 49.4 Å². The van der Waals surface area contributed by atoms with Gasteiger partial charge in [-0.2, -0.15) is 0 Å². The Morgan fingerprint density at radius 1 is 1.38 bits per heavy atom. The Labute approximate surface area is 138 Å². The van der Waals surface area contributed by atoms with E-state index in [1.165, 1.54) is 0 Å². The standard InChI is InChI=1S/C15H18BrClN2O2/c1-2-18-14(20)10-6-8-19(9-7-10)15(21)11-4-3-5-12(16)13(11)17/h3-5,10H,2,6-9H2,1H3,(H,18,20). The third kappa shape index (κ3) is 3.77. The Bertz CT molecular complexity index is 542. The van der Waals surface area contributed by atoms with Crippen molar-refractivity contribution in [3.63, 3.8) is 0 Å². The third-order valence-corrected chi connectivity index (χ3v) is 4.98. The van der Waals surface area contributed by atoms with E-state index in [4.69, 9.17) is 11.6 Å². The molecule has 0 radical (unpaired) electrons. The minimum atomic E-state index is -0.0735. The number of nitrogens with zero attached hydrogens (tertiary/aromatic N) is 1. The van der Waals surface area contributed by atoms with Crippen LogP contribution < -0.4 is 5.32 Å². The molecule has 1 aliphatic heterocycles. The summed E-state index contributed by atoms with van der Waals surface area (Å²) in [5.41, 5.74) is 0.502. The van der Waals surface area contributed by atoms with Crippen LogP contribution in [-0.2, 0) is 4.79 Å².